The molecule has 0 aliphatic carbocycles. The first-order chi connectivity index (χ1) is 13.5. The average molecular weight is 467 g/mol. The second-order valence-electron chi connectivity index (χ2n) is 7.00. The molecule has 150 valence electrons. The molecule has 1 saturated heterocycles. The van der Waals surface area contributed by atoms with Crippen LogP contribution in [-0.2, 0) is 22.3 Å². The van der Waals surface area contributed by atoms with E-state index in [9.17, 15) is 8.42 Å². The van der Waals surface area contributed by atoms with Gasteiger partial charge in [0.15, 0.2) is 11.5 Å². The van der Waals surface area contributed by atoms with Gasteiger partial charge >= 0.3 is 0 Å². The van der Waals surface area contributed by atoms with Crippen LogP contribution in [0.15, 0.2) is 46.9 Å². The molecule has 0 aromatic heterocycles. The molecule has 28 heavy (non-hydrogen) atoms. The minimum atomic E-state index is -3.29. The Morgan fingerprint density at radius 3 is 2.25 bits per heavy atom. The fourth-order valence-electron chi connectivity index (χ4n) is 3.51. The third-order valence-corrected chi connectivity index (χ3v) is 7.61. The highest BCUT2D eigenvalue weighted by molar-refractivity contribution is 9.10. The molecule has 0 unspecified atom stereocenters. The predicted molar refractivity (Wildman–Crippen MR) is 111 cm³/mol. The summed E-state index contributed by atoms with van der Waals surface area (Å²) >= 11 is 3.61. The summed E-state index contributed by atoms with van der Waals surface area (Å²) in [5.74, 6) is 1.59. The second-order valence-corrected chi connectivity index (χ2v) is 9.83. The molecule has 2 aromatic rings. The molecular weight excluding hydrogens is 444 g/mol. The first kappa shape index (κ1) is 19.7. The molecular formula is C20H23BrN2O4S. The van der Waals surface area contributed by atoms with Crippen molar-refractivity contribution < 1.29 is 17.9 Å². The number of hydrogen-bond donors (Lipinski definition) is 0. The lowest BCUT2D eigenvalue weighted by molar-refractivity contribution is 0.168. The number of rotatable bonds is 5. The molecule has 0 amide bonds. The molecule has 6 nitrogen and oxygen atoms in total. The van der Waals surface area contributed by atoms with Crippen molar-refractivity contribution >= 4 is 26.0 Å². The van der Waals surface area contributed by atoms with Crippen molar-refractivity contribution in [2.45, 2.75) is 12.3 Å². The van der Waals surface area contributed by atoms with Crippen LogP contribution >= 0.6 is 15.9 Å². The smallest absolute Gasteiger partial charge is 0.218 e. The molecule has 0 spiro atoms. The molecule has 2 aliphatic rings. The average Bonchev–Trinajstić information content (AvgIpc) is 2.69. The van der Waals surface area contributed by atoms with Gasteiger partial charge in [-0.15, -0.1) is 0 Å². The molecule has 2 heterocycles. The molecule has 1 fully saturated rings. The lowest BCUT2D eigenvalue weighted by atomic mass is 10.1. The molecule has 0 bridgehead atoms. The van der Waals surface area contributed by atoms with Gasteiger partial charge in [-0.2, -0.15) is 4.31 Å². The summed E-state index contributed by atoms with van der Waals surface area (Å²) in [5, 5.41) is 0. The standard InChI is InChI=1S/C20H23BrN2O4S/c21-18-13-20-19(26-10-11-27-20)12-17(18)14-22-6-8-23(9-7-22)28(24,25)15-16-4-2-1-3-5-16/h1-5,12-13H,6-11,14-15H2. The van der Waals surface area contributed by atoms with Crippen LogP contribution in [0, 0.1) is 0 Å². The third kappa shape index (κ3) is 4.51. The largest absolute Gasteiger partial charge is 0.486 e. The van der Waals surface area contributed by atoms with E-state index in [-0.39, 0.29) is 5.75 Å². The molecule has 0 atom stereocenters. The van der Waals surface area contributed by atoms with Crippen molar-refractivity contribution in [3.8, 4) is 11.5 Å². The Bertz CT molecular complexity index is 929. The lowest BCUT2D eigenvalue weighted by Gasteiger charge is -2.34. The van der Waals surface area contributed by atoms with Crippen LogP contribution in [-0.4, -0.2) is 57.0 Å². The SMILES string of the molecule is O=S(=O)(Cc1ccccc1)N1CCN(Cc2cc3c(cc2Br)OCCO3)CC1. The van der Waals surface area contributed by atoms with Gasteiger partial charge < -0.3 is 9.47 Å². The molecule has 0 saturated carbocycles. The van der Waals surface area contributed by atoms with Gasteiger partial charge in [0.25, 0.3) is 0 Å². The minimum absolute atomic E-state index is 0.0571. The summed E-state index contributed by atoms with van der Waals surface area (Å²) in [4.78, 5) is 2.27. The zero-order chi connectivity index (χ0) is 19.6. The minimum Gasteiger partial charge on any atom is -0.486 e. The van der Waals surface area contributed by atoms with Crippen molar-refractivity contribution in [1.29, 1.82) is 0 Å². The summed E-state index contributed by atoms with van der Waals surface area (Å²) in [7, 11) is -3.29. The zero-order valence-electron chi connectivity index (χ0n) is 15.5. The molecule has 2 aliphatic heterocycles. The highest BCUT2D eigenvalue weighted by Gasteiger charge is 2.27. The fourth-order valence-corrected chi connectivity index (χ4v) is 5.47. The van der Waals surface area contributed by atoms with E-state index in [1.807, 2.05) is 42.5 Å². The van der Waals surface area contributed by atoms with Crippen LogP contribution in [0.2, 0.25) is 0 Å². The van der Waals surface area contributed by atoms with Crippen molar-refractivity contribution in [3.05, 3.63) is 58.1 Å². The summed E-state index contributed by atoms with van der Waals surface area (Å²) in [5.41, 5.74) is 1.94. The maximum absolute atomic E-state index is 12.7. The van der Waals surface area contributed by atoms with Gasteiger partial charge in [-0.25, -0.2) is 8.42 Å². The van der Waals surface area contributed by atoms with E-state index < -0.39 is 10.0 Å². The lowest BCUT2D eigenvalue weighted by Crippen LogP contribution is -2.48. The van der Waals surface area contributed by atoms with Crippen molar-refractivity contribution in [3.63, 3.8) is 0 Å². The number of piperazine rings is 1. The molecule has 0 N–H and O–H groups in total. The number of ether oxygens (including phenoxy) is 2. The number of benzene rings is 2. The number of sulfonamides is 1. The van der Waals surface area contributed by atoms with Gasteiger partial charge in [-0.05, 0) is 23.3 Å². The van der Waals surface area contributed by atoms with E-state index in [4.69, 9.17) is 9.47 Å². The topological polar surface area (TPSA) is 59.1 Å². The Labute approximate surface area is 174 Å². The molecule has 0 radical (unpaired) electrons. The van der Waals surface area contributed by atoms with E-state index in [1.54, 1.807) is 4.31 Å². The molecule has 4 rings (SSSR count). The number of nitrogens with zero attached hydrogens (tertiary/aromatic N) is 2. The first-order valence-electron chi connectivity index (χ1n) is 9.33. The summed E-state index contributed by atoms with van der Waals surface area (Å²) in [6, 6.07) is 13.3. The van der Waals surface area contributed by atoms with Gasteiger partial charge in [0.1, 0.15) is 13.2 Å². The van der Waals surface area contributed by atoms with Crippen LogP contribution in [0.4, 0.5) is 0 Å². The van der Waals surface area contributed by atoms with Gasteiger partial charge in [0, 0.05) is 37.2 Å². The van der Waals surface area contributed by atoms with Gasteiger partial charge in [0.05, 0.1) is 5.75 Å². The predicted octanol–water partition coefficient (Wildman–Crippen LogP) is 2.87. The Kier molecular flexibility index (Phi) is 5.91. The number of halogens is 1. The molecule has 8 heteroatoms. The number of fused-ring (bicyclic) bond motifs is 1. The Morgan fingerprint density at radius 2 is 1.57 bits per heavy atom. The van der Waals surface area contributed by atoms with Crippen molar-refractivity contribution in [1.82, 2.24) is 9.21 Å². The van der Waals surface area contributed by atoms with E-state index >= 15 is 0 Å². The third-order valence-electron chi connectivity index (χ3n) is 5.02. The van der Waals surface area contributed by atoms with Crippen molar-refractivity contribution in [2.24, 2.45) is 0 Å². The Hall–Kier alpha value is -1.61. The van der Waals surface area contributed by atoms with Crippen LogP contribution in [0.25, 0.3) is 0 Å². The van der Waals surface area contributed by atoms with Crippen LogP contribution in [0.3, 0.4) is 0 Å². The Balaban J connectivity index is 1.37. The van der Waals surface area contributed by atoms with E-state index in [1.165, 1.54) is 0 Å². The number of hydrogen-bond acceptors (Lipinski definition) is 5. The molecule has 2 aromatic carbocycles. The van der Waals surface area contributed by atoms with Gasteiger partial charge in [0.2, 0.25) is 10.0 Å². The summed E-state index contributed by atoms with van der Waals surface area (Å²) in [6.45, 7) is 4.30. The monoisotopic (exact) mass is 466 g/mol. The van der Waals surface area contributed by atoms with E-state index in [0.29, 0.717) is 39.4 Å². The normalized spacial score (nSPS) is 18.2. The maximum Gasteiger partial charge on any atom is 0.218 e. The van der Waals surface area contributed by atoms with Crippen LogP contribution in [0.5, 0.6) is 11.5 Å². The van der Waals surface area contributed by atoms with Crippen molar-refractivity contribution in [2.75, 3.05) is 39.4 Å². The zero-order valence-corrected chi connectivity index (χ0v) is 17.9. The quantitative estimate of drug-likeness (QED) is 0.677. The van der Waals surface area contributed by atoms with E-state index in [0.717, 1.165) is 33.6 Å². The first-order valence-corrected chi connectivity index (χ1v) is 11.7. The summed E-state index contributed by atoms with van der Waals surface area (Å²) < 4.78 is 39.3. The summed E-state index contributed by atoms with van der Waals surface area (Å²) in [6.07, 6.45) is 0. The van der Waals surface area contributed by atoms with Gasteiger partial charge in [-0.1, -0.05) is 46.3 Å². The van der Waals surface area contributed by atoms with Crippen LogP contribution in [0.1, 0.15) is 11.1 Å². The fraction of sp³-hybridized carbons (Fsp3) is 0.400. The highest BCUT2D eigenvalue weighted by Crippen LogP contribution is 2.36. The maximum atomic E-state index is 12.7. The second kappa shape index (κ2) is 8.41. The Morgan fingerprint density at radius 1 is 0.929 bits per heavy atom. The van der Waals surface area contributed by atoms with Crippen LogP contribution < -0.4 is 9.47 Å². The van der Waals surface area contributed by atoms with E-state index in [2.05, 4.69) is 20.8 Å². The van der Waals surface area contributed by atoms with Gasteiger partial charge in [-0.3, -0.25) is 4.90 Å². The highest BCUT2D eigenvalue weighted by atomic mass is 79.9.